The predicted octanol–water partition coefficient (Wildman–Crippen LogP) is 1.99. The zero-order chi connectivity index (χ0) is 12.0. The normalized spacial score (nSPS) is 34.6. The molecule has 17 heavy (non-hydrogen) atoms. The summed E-state index contributed by atoms with van der Waals surface area (Å²) in [6, 6.07) is 0.0292. The number of fused-ring (bicyclic) bond motifs is 1. The van der Waals surface area contributed by atoms with Gasteiger partial charge in [0, 0.05) is 12.6 Å². The number of urea groups is 1. The van der Waals surface area contributed by atoms with E-state index in [1.807, 2.05) is 0 Å². The smallest absolute Gasteiger partial charge is 0.312 e. The molecule has 2 saturated heterocycles. The van der Waals surface area contributed by atoms with Gasteiger partial charge < -0.3 is 4.90 Å². The molecule has 2 aliphatic heterocycles. The summed E-state index contributed by atoms with van der Waals surface area (Å²) in [5.41, 5.74) is 0. The molecule has 2 atom stereocenters. The molecule has 3 rings (SSSR count). The fourth-order valence-electron chi connectivity index (χ4n) is 3.50. The zero-order valence-electron chi connectivity index (χ0n) is 10.4. The lowest BCUT2D eigenvalue weighted by molar-refractivity contribution is -0.130. The molecule has 2 heterocycles. The molecule has 0 bridgehead atoms. The van der Waals surface area contributed by atoms with Crippen molar-refractivity contribution in [2.75, 3.05) is 6.54 Å². The lowest BCUT2D eigenvalue weighted by Gasteiger charge is -2.30. The van der Waals surface area contributed by atoms with Gasteiger partial charge in [0.15, 0.2) is 0 Å². The summed E-state index contributed by atoms with van der Waals surface area (Å²) < 4.78 is 0. The van der Waals surface area contributed by atoms with Crippen molar-refractivity contribution in [3.05, 3.63) is 0 Å². The third-order valence-electron chi connectivity index (χ3n) is 4.53. The van der Waals surface area contributed by atoms with E-state index in [0.29, 0.717) is 5.92 Å². The van der Waals surface area contributed by atoms with E-state index in [2.05, 4.69) is 6.92 Å². The molecule has 3 aliphatic rings. The lowest BCUT2D eigenvalue weighted by Crippen LogP contribution is -2.41. The van der Waals surface area contributed by atoms with Crippen LogP contribution in [0.1, 0.15) is 45.4 Å². The van der Waals surface area contributed by atoms with E-state index in [0.717, 1.165) is 45.1 Å². The Morgan fingerprint density at radius 2 is 1.82 bits per heavy atom. The predicted molar refractivity (Wildman–Crippen MR) is 63.4 cm³/mol. The molecule has 0 aromatic carbocycles. The van der Waals surface area contributed by atoms with Crippen LogP contribution in [-0.2, 0) is 4.79 Å². The van der Waals surface area contributed by atoms with E-state index in [4.69, 9.17) is 0 Å². The van der Waals surface area contributed by atoms with Crippen LogP contribution in [0.5, 0.6) is 0 Å². The molecular weight excluding hydrogens is 216 g/mol. The molecule has 0 aromatic heterocycles. The summed E-state index contributed by atoms with van der Waals surface area (Å²) in [6.07, 6.45) is 6.22. The van der Waals surface area contributed by atoms with Gasteiger partial charge in [0.2, 0.25) is 0 Å². The highest BCUT2D eigenvalue weighted by atomic mass is 16.2. The largest absolute Gasteiger partial charge is 0.327 e. The lowest BCUT2D eigenvalue weighted by atomic mass is 9.93. The summed E-state index contributed by atoms with van der Waals surface area (Å²) in [4.78, 5) is 28.0. The third-order valence-corrected chi connectivity index (χ3v) is 4.53. The molecule has 0 spiro atoms. The van der Waals surface area contributed by atoms with Crippen molar-refractivity contribution in [1.82, 2.24) is 9.80 Å². The average Bonchev–Trinajstić information content (AvgIpc) is 2.88. The number of carbonyl (C=O) groups is 2. The second kappa shape index (κ2) is 4.00. The molecule has 1 saturated carbocycles. The number of hydrogen-bond acceptors (Lipinski definition) is 2. The van der Waals surface area contributed by atoms with Crippen molar-refractivity contribution in [2.45, 2.75) is 57.5 Å². The van der Waals surface area contributed by atoms with E-state index in [1.54, 1.807) is 9.80 Å². The van der Waals surface area contributed by atoms with Crippen LogP contribution in [0.3, 0.4) is 0 Å². The van der Waals surface area contributed by atoms with Crippen LogP contribution < -0.4 is 0 Å². The monoisotopic (exact) mass is 236 g/mol. The fraction of sp³-hybridized carbons (Fsp3) is 0.846. The number of amides is 3. The Labute approximate surface area is 102 Å². The van der Waals surface area contributed by atoms with Crippen LogP contribution >= 0.6 is 0 Å². The van der Waals surface area contributed by atoms with Gasteiger partial charge in [-0.05, 0) is 31.6 Å². The third kappa shape index (κ3) is 1.65. The van der Waals surface area contributed by atoms with Crippen molar-refractivity contribution < 1.29 is 9.59 Å². The highest BCUT2D eigenvalue weighted by molar-refractivity contribution is 6.04. The van der Waals surface area contributed by atoms with Gasteiger partial charge >= 0.3 is 6.03 Å². The minimum Gasteiger partial charge on any atom is -0.312 e. The van der Waals surface area contributed by atoms with Crippen molar-refractivity contribution in [2.24, 2.45) is 5.92 Å². The van der Waals surface area contributed by atoms with Crippen LogP contribution in [0.2, 0.25) is 0 Å². The number of hydrogen-bond donors (Lipinski definition) is 0. The summed E-state index contributed by atoms with van der Waals surface area (Å²) in [5.74, 6) is 0.643. The van der Waals surface area contributed by atoms with E-state index in [-0.39, 0.29) is 24.0 Å². The zero-order valence-corrected chi connectivity index (χ0v) is 10.4. The van der Waals surface area contributed by atoms with Crippen LogP contribution in [-0.4, -0.2) is 40.4 Å². The molecule has 94 valence electrons. The average molecular weight is 236 g/mol. The SMILES string of the molecule is CC1CCN2C(=O)N(C3CCCC3)C(=O)C2C1. The summed E-state index contributed by atoms with van der Waals surface area (Å²) in [6.45, 7) is 2.94. The first kappa shape index (κ1) is 11.1. The molecule has 0 aromatic rings. The second-order valence-electron chi connectivity index (χ2n) is 5.77. The van der Waals surface area contributed by atoms with Crippen LogP contribution in [0.15, 0.2) is 0 Å². The van der Waals surface area contributed by atoms with Crippen LogP contribution in [0.4, 0.5) is 4.79 Å². The Morgan fingerprint density at radius 1 is 1.12 bits per heavy atom. The van der Waals surface area contributed by atoms with Crippen LogP contribution in [0.25, 0.3) is 0 Å². The first-order valence-electron chi connectivity index (χ1n) is 6.82. The standard InChI is InChI=1S/C13H20N2O2/c1-9-6-7-14-11(8-9)12(16)15(13(14)17)10-4-2-3-5-10/h9-11H,2-8H2,1H3. The molecule has 3 fully saturated rings. The Balaban J connectivity index is 1.82. The van der Waals surface area contributed by atoms with Gasteiger partial charge in [-0.1, -0.05) is 19.8 Å². The number of carbonyl (C=O) groups excluding carboxylic acids is 2. The quantitative estimate of drug-likeness (QED) is 0.653. The summed E-state index contributed by atoms with van der Waals surface area (Å²) in [5, 5.41) is 0. The van der Waals surface area contributed by atoms with E-state index >= 15 is 0 Å². The summed E-state index contributed by atoms with van der Waals surface area (Å²) in [7, 11) is 0. The number of nitrogens with zero attached hydrogens (tertiary/aromatic N) is 2. The molecule has 1 aliphatic carbocycles. The van der Waals surface area contributed by atoms with Crippen molar-refractivity contribution in [3.63, 3.8) is 0 Å². The maximum absolute atomic E-state index is 12.3. The Hall–Kier alpha value is -1.06. The van der Waals surface area contributed by atoms with Crippen molar-refractivity contribution >= 4 is 11.9 Å². The molecule has 4 heteroatoms. The van der Waals surface area contributed by atoms with Gasteiger partial charge in [-0.3, -0.25) is 9.69 Å². The maximum atomic E-state index is 12.3. The Morgan fingerprint density at radius 3 is 2.53 bits per heavy atom. The molecule has 0 radical (unpaired) electrons. The highest BCUT2D eigenvalue weighted by Gasteiger charge is 2.49. The number of rotatable bonds is 1. The van der Waals surface area contributed by atoms with Crippen molar-refractivity contribution in [1.29, 1.82) is 0 Å². The van der Waals surface area contributed by atoms with Gasteiger partial charge in [0.25, 0.3) is 5.91 Å². The van der Waals surface area contributed by atoms with Gasteiger partial charge in [0.1, 0.15) is 6.04 Å². The summed E-state index contributed by atoms with van der Waals surface area (Å²) >= 11 is 0. The molecule has 3 amide bonds. The molecule has 4 nitrogen and oxygen atoms in total. The maximum Gasteiger partial charge on any atom is 0.327 e. The van der Waals surface area contributed by atoms with Gasteiger partial charge in [-0.25, -0.2) is 4.79 Å². The molecular formula is C13H20N2O2. The Kier molecular flexibility index (Phi) is 2.60. The van der Waals surface area contributed by atoms with Gasteiger partial charge in [-0.2, -0.15) is 0 Å². The second-order valence-corrected chi connectivity index (χ2v) is 5.77. The minimum atomic E-state index is -0.146. The first-order valence-corrected chi connectivity index (χ1v) is 6.82. The minimum absolute atomic E-state index is 0.0150. The van der Waals surface area contributed by atoms with Crippen molar-refractivity contribution in [3.8, 4) is 0 Å². The number of imide groups is 1. The fourth-order valence-corrected chi connectivity index (χ4v) is 3.50. The van der Waals surface area contributed by atoms with E-state index in [1.165, 1.54) is 0 Å². The first-order chi connectivity index (χ1) is 8.18. The Bertz CT molecular complexity index is 349. The van der Waals surface area contributed by atoms with Crippen LogP contribution in [0, 0.1) is 5.92 Å². The molecule has 0 N–H and O–H groups in total. The van der Waals surface area contributed by atoms with E-state index < -0.39 is 0 Å². The molecule has 2 unspecified atom stereocenters. The number of piperidine rings is 1. The van der Waals surface area contributed by atoms with Gasteiger partial charge in [-0.15, -0.1) is 0 Å². The topological polar surface area (TPSA) is 40.6 Å². The van der Waals surface area contributed by atoms with Gasteiger partial charge in [0.05, 0.1) is 0 Å². The van der Waals surface area contributed by atoms with E-state index in [9.17, 15) is 9.59 Å². The highest BCUT2D eigenvalue weighted by Crippen LogP contribution is 2.34.